The molecule has 5 aromatic rings. The van der Waals surface area contributed by atoms with Crippen molar-refractivity contribution in [2.75, 3.05) is 0 Å². The van der Waals surface area contributed by atoms with Gasteiger partial charge in [0, 0.05) is 45.3 Å². The summed E-state index contributed by atoms with van der Waals surface area (Å²) in [4.78, 5) is 6.61. The lowest BCUT2D eigenvalue weighted by Crippen LogP contribution is -1.75. The van der Waals surface area contributed by atoms with Gasteiger partial charge in [-0.3, -0.25) is 5.10 Å². The van der Waals surface area contributed by atoms with E-state index < -0.39 is 0 Å². The van der Waals surface area contributed by atoms with E-state index in [2.05, 4.69) is 56.6 Å². The Labute approximate surface area is 132 Å². The highest BCUT2D eigenvalue weighted by Crippen LogP contribution is 2.32. The fourth-order valence-electron chi connectivity index (χ4n) is 3.18. The zero-order chi connectivity index (χ0) is 15.2. The van der Waals surface area contributed by atoms with Gasteiger partial charge in [0.2, 0.25) is 0 Å². The highest BCUT2D eigenvalue weighted by atomic mass is 15.1. The van der Waals surface area contributed by atoms with Crippen LogP contribution in [-0.4, -0.2) is 20.2 Å². The van der Waals surface area contributed by atoms with E-state index in [4.69, 9.17) is 0 Å². The van der Waals surface area contributed by atoms with Crippen LogP contribution in [0.2, 0.25) is 0 Å². The maximum absolute atomic E-state index is 4.51. The Balaban J connectivity index is 1.66. The highest BCUT2D eigenvalue weighted by Gasteiger charge is 2.12. The van der Waals surface area contributed by atoms with Crippen LogP contribution in [0.3, 0.4) is 0 Å². The van der Waals surface area contributed by atoms with Crippen LogP contribution in [0.25, 0.3) is 44.3 Å². The molecule has 0 aliphatic heterocycles. The van der Waals surface area contributed by atoms with Crippen molar-refractivity contribution in [1.82, 2.24) is 20.2 Å². The Morgan fingerprint density at radius 3 is 2.04 bits per heavy atom. The molecule has 3 N–H and O–H groups in total. The molecule has 0 radical (unpaired) electrons. The first-order chi connectivity index (χ1) is 11.4. The average molecular weight is 298 g/mol. The van der Waals surface area contributed by atoms with Gasteiger partial charge >= 0.3 is 0 Å². The fourth-order valence-corrected chi connectivity index (χ4v) is 3.18. The van der Waals surface area contributed by atoms with Crippen LogP contribution in [-0.2, 0) is 0 Å². The molecule has 0 fully saturated rings. The summed E-state index contributed by atoms with van der Waals surface area (Å²) in [6.07, 6.45) is 4.04. The number of hydrogen-bond donors (Lipinski definition) is 3. The van der Waals surface area contributed by atoms with Gasteiger partial charge in [0.25, 0.3) is 0 Å². The molecule has 0 unspecified atom stereocenters. The van der Waals surface area contributed by atoms with Crippen LogP contribution in [0.4, 0.5) is 0 Å². The topological polar surface area (TPSA) is 60.3 Å². The summed E-state index contributed by atoms with van der Waals surface area (Å²) in [6, 6.07) is 18.7. The monoisotopic (exact) mass is 298 g/mol. The van der Waals surface area contributed by atoms with E-state index in [1.807, 2.05) is 30.6 Å². The molecular formula is C19H14N4. The third-order valence-electron chi connectivity index (χ3n) is 4.32. The number of benzene rings is 2. The number of rotatable bonds is 2. The Morgan fingerprint density at radius 2 is 1.30 bits per heavy atom. The van der Waals surface area contributed by atoms with Crippen molar-refractivity contribution < 1.29 is 0 Å². The predicted molar refractivity (Wildman–Crippen MR) is 93.2 cm³/mol. The Morgan fingerprint density at radius 1 is 0.696 bits per heavy atom. The molecule has 0 aliphatic carbocycles. The number of H-pyrrole nitrogens is 3. The lowest BCUT2D eigenvalue weighted by atomic mass is 10.1. The van der Waals surface area contributed by atoms with Gasteiger partial charge in [-0.2, -0.15) is 5.10 Å². The molecule has 4 nitrogen and oxygen atoms in total. The van der Waals surface area contributed by atoms with Gasteiger partial charge in [0.15, 0.2) is 0 Å². The van der Waals surface area contributed by atoms with Crippen molar-refractivity contribution in [3.63, 3.8) is 0 Å². The van der Waals surface area contributed by atoms with Crippen molar-refractivity contribution in [1.29, 1.82) is 0 Å². The summed E-state index contributed by atoms with van der Waals surface area (Å²) < 4.78 is 0. The quantitative estimate of drug-likeness (QED) is 0.434. The lowest BCUT2D eigenvalue weighted by molar-refractivity contribution is 1.10. The van der Waals surface area contributed by atoms with Gasteiger partial charge in [-0.05, 0) is 18.2 Å². The maximum Gasteiger partial charge on any atom is 0.0948 e. The van der Waals surface area contributed by atoms with E-state index in [0.717, 1.165) is 33.5 Å². The van der Waals surface area contributed by atoms with Gasteiger partial charge in [-0.25, -0.2) is 0 Å². The second-order valence-electron chi connectivity index (χ2n) is 5.66. The van der Waals surface area contributed by atoms with Crippen molar-refractivity contribution in [2.24, 2.45) is 0 Å². The van der Waals surface area contributed by atoms with E-state index in [0.29, 0.717) is 0 Å². The molecule has 110 valence electrons. The largest absolute Gasteiger partial charge is 0.360 e. The normalized spacial score (nSPS) is 11.5. The van der Waals surface area contributed by atoms with E-state index >= 15 is 0 Å². The minimum atomic E-state index is 0.947. The number of aromatic nitrogens is 4. The van der Waals surface area contributed by atoms with E-state index in [1.54, 1.807) is 0 Å². The molecule has 0 amide bonds. The molecule has 0 atom stereocenters. The second kappa shape index (κ2) is 4.61. The molecule has 5 rings (SSSR count). The maximum atomic E-state index is 4.51. The first-order valence-electron chi connectivity index (χ1n) is 7.58. The summed E-state index contributed by atoms with van der Waals surface area (Å²) in [5, 5.41) is 10.1. The molecule has 4 heteroatoms. The molecular weight excluding hydrogens is 284 g/mol. The van der Waals surface area contributed by atoms with Crippen LogP contribution in [0.1, 0.15) is 0 Å². The Kier molecular flexibility index (Phi) is 2.46. The summed E-state index contributed by atoms with van der Waals surface area (Å²) in [5.41, 5.74) is 6.47. The molecule has 0 saturated carbocycles. The van der Waals surface area contributed by atoms with Crippen molar-refractivity contribution >= 4 is 21.8 Å². The first kappa shape index (κ1) is 12.3. The summed E-state index contributed by atoms with van der Waals surface area (Å²) in [7, 11) is 0. The van der Waals surface area contributed by atoms with Gasteiger partial charge < -0.3 is 9.97 Å². The molecule has 2 aromatic carbocycles. The standard InChI is InChI=1S/C19H14N4/c1-3-7-16-12(5-1)14(10-20-16)18-9-19(23-22-18)15-11-21-17-8-4-2-6-13(15)17/h1-11,20-21H,(H,22,23). The van der Waals surface area contributed by atoms with Crippen LogP contribution in [0.5, 0.6) is 0 Å². The van der Waals surface area contributed by atoms with Crippen LogP contribution in [0.15, 0.2) is 67.0 Å². The van der Waals surface area contributed by atoms with Crippen molar-refractivity contribution in [3.05, 3.63) is 67.0 Å². The van der Waals surface area contributed by atoms with E-state index in [-0.39, 0.29) is 0 Å². The third-order valence-corrected chi connectivity index (χ3v) is 4.32. The molecule has 0 bridgehead atoms. The predicted octanol–water partition coefficient (Wildman–Crippen LogP) is 4.71. The number of fused-ring (bicyclic) bond motifs is 2. The van der Waals surface area contributed by atoms with E-state index in [1.165, 1.54) is 10.8 Å². The smallest absolute Gasteiger partial charge is 0.0948 e. The first-order valence-corrected chi connectivity index (χ1v) is 7.58. The van der Waals surface area contributed by atoms with Crippen LogP contribution < -0.4 is 0 Å². The zero-order valence-electron chi connectivity index (χ0n) is 12.3. The molecule has 3 aromatic heterocycles. The van der Waals surface area contributed by atoms with Crippen molar-refractivity contribution in [3.8, 4) is 22.5 Å². The number of aromatic amines is 3. The SMILES string of the molecule is c1ccc2c(-c3cc(-c4c[nH]c5ccccc45)[nH]n3)c[nH]c2c1. The molecule has 3 heterocycles. The third kappa shape index (κ3) is 1.82. The molecule has 0 saturated heterocycles. The second-order valence-corrected chi connectivity index (χ2v) is 5.66. The van der Waals surface area contributed by atoms with Crippen molar-refractivity contribution in [2.45, 2.75) is 0 Å². The number of nitrogens with zero attached hydrogens (tertiary/aromatic N) is 1. The molecule has 23 heavy (non-hydrogen) atoms. The van der Waals surface area contributed by atoms with Gasteiger partial charge in [0.1, 0.15) is 0 Å². The number of nitrogens with one attached hydrogen (secondary N) is 3. The highest BCUT2D eigenvalue weighted by molar-refractivity contribution is 5.97. The minimum Gasteiger partial charge on any atom is -0.360 e. The summed E-state index contributed by atoms with van der Waals surface area (Å²) in [5.74, 6) is 0. The number of hydrogen-bond acceptors (Lipinski definition) is 1. The molecule has 0 aliphatic rings. The minimum absolute atomic E-state index is 0.947. The number of para-hydroxylation sites is 2. The van der Waals surface area contributed by atoms with Gasteiger partial charge in [-0.15, -0.1) is 0 Å². The van der Waals surface area contributed by atoms with Crippen LogP contribution in [0, 0.1) is 0 Å². The average Bonchev–Trinajstić information content (AvgIpc) is 3.31. The van der Waals surface area contributed by atoms with Gasteiger partial charge in [-0.1, -0.05) is 36.4 Å². The lowest BCUT2D eigenvalue weighted by Gasteiger charge is -1.94. The van der Waals surface area contributed by atoms with Crippen LogP contribution >= 0.6 is 0 Å². The molecule has 0 spiro atoms. The zero-order valence-corrected chi connectivity index (χ0v) is 12.3. The summed E-state index contributed by atoms with van der Waals surface area (Å²) in [6.45, 7) is 0. The Hall–Kier alpha value is -3.27. The van der Waals surface area contributed by atoms with E-state index in [9.17, 15) is 0 Å². The fraction of sp³-hybridized carbons (Fsp3) is 0. The van der Waals surface area contributed by atoms with Gasteiger partial charge in [0.05, 0.1) is 11.4 Å². The summed E-state index contributed by atoms with van der Waals surface area (Å²) >= 11 is 0. The Bertz CT molecular complexity index is 1040.